The van der Waals surface area contributed by atoms with Crippen molar-refractivity contribution >= 4 is 17.8 Å². The second kappa shape index (κ2) is 10.5. The number of nitrogens with zero attached hydrogens (tertiary/aromatic N) is 1. The minimum Gasteiger partial charge on any atom is -0.493 e. The molecule has 7 nitrogen and oxygen atoms in total. The first-order valence-electron chi connectivity index (χ1n) is 9.64. The van der Waals surface area contributed by atoms with Gasteiger partial charge in [0.2, 0.25) is 0 Å². The number of allylic oxidation sites excluding steroid dienone is 1. The lowest BCUT2D eigenvalue weighted by Gasteiger charge is -2.26. The van der Waals surface area contributed by atoms with E-state index in [2.05, 4.69) is 0 Å². The average Bonchev–Trinajstić information content (AvgIpc) is 2.81. The lowest BCUT2D eigenvalue weighted by molar-refractivity contribution is -0.137. The van der Waals surface area contributed by atoms with E-state index in [4.69, 9.17) is 18.9 Å². The summed E-state index contributed by atoms with van der Waals surface area (Å²) in [5, 5.41) is 0. The minimum atomic E-state index is -0.157. The Morgan fingerprint density at radius 3 is 2.43 bits per heavy atom. The highest BCUT2D eigenvalue weighted by Gasteiger charge is 2.17. The van der Waals surface area contributed by atoms with Gasteiger partial charge in [-0.1, -0.05) is 12.1 Å². The summed E-state index contributed by atoms with van der Waals surface area (Å²) in [5.74, 6) is 1.47. The molecule has 0 aliphatic carbocycles. The molecule has 0 bridgehead atoms. The van der Waals surface area contributed by atoms with E-state index < -0.39 is 0 Å². The molecule has 1 heterocycles. The molecule has 0 atom stereocenters. The highest BCUT2D eigenvalue weighted by Crippen LogP contribution is 2.31. The van der Waals surface area contributed by atoms with E-state index in [0.717, 1.165) is 5.56 Å². The maximum absolute atomic E-state index is 12.5. The second-order valence-corrected chi connectivity index (χ2v) is 6.59. The highest BCUT2D eigenvalue weighted by atomic mass is 16.5. The summed E-state index contributed by atoms with van der Waals surface area (Å²) >= 11 is 0. The molecule has 158 valence electrons. The maximum Gasteiger partial charge on any atom is 0.260 e. The molecule has 30 heavy (non-hydrogen) atoms. The van der Waals surface area contributed by atoms with Crippen molar-refractivity contribution in [2.75, 3.05) is 47.1 Å². The number of ketones is 1. The molecule has 2 aromatic rings. The number of carbonyl (C=O) groups is 2. The van der Waals surface area contributed by atoms with Crippen molar-refractivity contribution in [3.8, 4) is 17.2 Å². The number of hydrogen-bond donors (Lipinski definition) is 0. The topological polar surface area (TPSA) is 74.3 Å². The van der Waals surface area contributed by atoms with Crippen molar-refractivity contribution in [2.45, 2.75) is 0 Å². The predicted molar refractivity (Wildman–Crippen MR) is 112 cm³/mol. The Labute approximate surface area is 175 Å². The SMILES string of the molecule is COc1cccc(/C=C/C(=O)c2ccc(OCC(=O)N3CCOCC3)cc2)c1OC. The molecule has 1 saturated heterocycles. The molecule has 1 fully saturated rings. The van der Waals surface area contributed by atoms with Crippen LogP contribution < -0.4 is 14.2 Å². The van der Waals surface area contributed by atoms with Crippen LogP contribution >= 0.6 is 0 Å². The van der Waals surface area contributed by atoms with E-state index in [1.54, 1.807) is 55.5 Å². The normalized spacial score (nSPS) is 13.9. The molecule has 0 aromatic heterocycles. The summed E-state index contributed by atoms with van der Waals surface area (Å²) < 4.78 is 21.4. The van der Waals surface area contributed by atoms with Crippen LogP contribution in [0.15, 0.2) is 48.5 Å². The van der Waals surface area contributed by atoms with Gasteiger partial charge in [0.1, 0.15) is 5.75 Å². The maximum atomic E-state index is 12.5. The van der Waals surface area contributed by atoms with Crippen LogP contribution in [0.25, 0.3) is 6.08 Å². The third-order valence-corrected chi connectivity index (χ3v) is 4.71. The van der Waals surface area contributed by atoms with Gasteiger partial charge < -0.3 is 23.8 Å². The lowest BCUT2D eigenvalue weighted by Crippen LogP contribution is -2.42. The zero-order chi connectivity index (χ0) is 21.3. The Balaban J connectivity index is 1.58. The molecule has 2 aromatic carbocycles. The molecule has 1 aliphatic rings. The third-order valence-electron chi connectivity index (χ3n) is 4.71. The first-order chi connectivity index (χ1) is 14.6. The van der Waals surface area contributed by atoms with Crippen molar-refractivity contribution in [3.05, 3.63) is 59.7 Å². The van der Waals surface area contributed by atoms with E-state index in [-0.39, 0.29) is 18.3 Å². The van der Waals surface area contributed by atoms with Crippen molar-refractivity contribution in [3.63, 3.8) is 0 Å². The van der Waals surface area contributed by atoms with E-state index >= 15 is 0 Å². The molecular weight excluding hydrogens is 386 g/mol. The molecule has 0 saturated carbocycles. The Kier molecular flexibility index (Phi) is 7.45. The van der Waals surface area contributed by atoms with Gasteiger partial charge in [-0.3, -0.25) is 9.59 Å². The molecular formula is C23H25NO6. The van der Waals surface area contributed by atoms with Gasteiger partial charge in [0.05, 0.1) is 27.4 Å². The van der Waals surface area contributed by atoms with Gasteiger partial charge in [-0.15, -0.1) is 0 Å². The van der Waals surface area contributed by atoms with Crippen LogP contribution in [0.2, 0.25) is 0 Å². The smallest absolute Gasteiger partial charge is 0.260 e. The van der Waals surface area contributed by atoms with Gasteiger partial charge in [-0.25, -0.2) is 0 Å². The number of morpholine rings is 1. The first-order valence-corrected chi connectivity index (χ1v) is 9.64. The first kappa shape index (κ1) is 21.4. The number of ether oxygens (including phenoxy) is 4. The molecule has 0 unspecified atom stereocenters. The molecule has 0 radical (unpaired) electrons. The van der Waals surface area contributed by atoms with Gasteiger partial charge in [0.25, 0.3) is 5.91 Å². The van der Waals surface area contributed by atoms with Gasteiger partial charge in [0, 0.05) is 24.2 Å². The number of methoxy groups -OCH3 is 2. The minimum absolute atomic E-state index is 0.0389. The lowest BCUT2D eigenvalue weighted by atomic mass is 10.1. The van der Waals surface area contributed by atoms with Gasteiger partial charge in [-0.05, 0) is 42.5 Å². The van der Waals surface area contributed by atoms with Crippen molar-refractivity contribution in [1.82, 2.24) is 4.90 Å². The summed E-state index contributed by atoms with van der Waals surface area (Å²) in [6.07, 6.45) is 3.17. The summed E-state index contributed by atoms with van der Waals surface area (Å²) in [4.78, 5) is 26.3. The van der Waals surface area contributed by atoms with E-state index in [1.165, 1.54) is 6.08 Å². The Morgan fingerprint density at radius 1 is 1.03 bits per heavy atom. The second-order valence-electron chi connectivity index (χ2n) is 6.59. The number of amides is 1. The molecule has 1 amide bonds. The summed E-state index contributed by atoms with van der Waals surface area (Å²) in [7, 11) is 3.12. The zero-order valence-electron chi connectivity index (χ0n) is 17.1. The van der Waals surface area contributed by atoms with Crippen LogP contribution in [-0.2, 0) is 9.53 Å². The number of para-hydroxylation sites is 1. The Hall–Kier alpha value is -3.32. The number of hydrogen-bond acceptors (Lipinski definition) is 6. The predicted octanol–water partition coefficient (Wildman–Crippen LogP) is 2.84. The van der Waals surface area contributed by atoms with Crippen LogP contribution in [0.1, 0.15) is 15.9 Å². The standard InChI is InChI=1S/C23H25NO6/c1-27-21-5-3-4-18(23(21)28-2)8-11-20(25)17-6-9-19(10-7-17)30-16-22(26)24-12-14-29-15-13-24/h3-11H,12-16H2,1-2H3/b11-8+. The number of carbonyl (C=O) groups excluding carboxylic acids is 2. The summed E-state index contributed by atoms with van der Waals surface area (Å²) in [6, 6.07) is 12.2. The van der Waals surface area contributed by atoms with E-state index in [0.29, 0.717) is 49.1 Å². The largest absolute Gasteiger partial charge is 0.493 e. The number of benzene rings is 2. The zero-order valence-corrected chi connectivity index (χ0v) is 17.1. The monoisotopic (exact) mass is 411 g/mol. The van der Waals surface area contributed by atoms with Crippen LogP contribution in [0.5, 0.6) is 17.2 Å². The van der Waals surface area contributed by atoms with Crippen molar-refractivity contribution in [2.24, 2.45) is 0 Å². The molecule has 7 heteroatoms. The van der Waals surface area contributed by atoms with Crippen LogP contribution in [0.3, 0.4) is 0 Å². The van der Waals surface area contributed by atoms with E-state index in [1.807, 2.05) is 12.1 Å². The van der Waals surface area contributed by atoms with Crippen molar-refractivity contribution < 1.29 is 28.5 Å². The number of rotatable bonds is 8. The molecule has 1 aliphatic heterocycles. The summed E-state index contributed by atoms with van der Waals surface area (Å²) in [6.45, 7) is 2.23. The van der Waals surface area contributed by atoms with Gasteiger partial charge in [0.15, 0.2) is 23.9 Å². The molecule has 0 N–H and O–H groups in total. The summed E-state index contributed by atoms with van der Waals surface area (Å²) in [5.41, 5.74) is 1.26. The van der Waals surface area contributed by atoms with Crippen LogP contribution in [0.4, 0.5) is 0 Å². The quantitative estimate of drug-likeness (QED) is 0.491. The van der Waals surface area contributed by atoms with Gasteiger partial charge in [-0.2, -0.15) is 0 Å². The molecule has 3 rings (SSSR count). The van der Waals surface area contributed by atoms with E-state index in [9.17, 15) is 9.59 Å². The van der Waals surface area contributed by atoms with Crippen molar-refractivity contribution in [1.29, 1.82) is 0 Å². The highest BCUT2D eigenvalue weighted by molar-refractivity contribution is 6.07. The fourth-order valence-electron chi connectivity index (χ4n) is 3.07. The third kappa shape index (κ3) is 5.39. The Bertz CT molecular complexity index is 900. The average molecular weight is 411 g/mol. The molecule has 0 spiro atoms. The fraction of sp³-hybridized carbons (Fsp3) is 0.304. The van der Waals surface area contributed by atoms with Crippen LogP contribution in [-0.4, -0.2) is 63.7 Å². The van der Waals surface area contributed by atoms with Crippen LogP contribution in [0, 0.1) is 0 Å². The van der Waals surface area contributed by atoms with Gasteiger partial charge >= 0.3 is 0 Å². The Morgan fingerprint density at radius 2 is 1.77 bits per heavy atom. The fourth-order valence-corrected chi connectivity index (χ4v) is 3.07.